The van der Waals surface area contributed by atoms with Crippen LogP contribution in [0, 0.1) is 0 Å². The first-order valence-electron chi connectivity index (χ1n) is 15.2. The summed E-state index contributed by atoms with van der Waals surface area (Å²) >= 11 is 0. The normalized spacial score (nSPS) is 12.0. The molecule has 0 aliphatic rings. The Bertz CT molecular complexity index is 1200. The highest BCUT2D eigenvalue weighted by molar-refractivity contribution is 5.30. The Balaban J connectivity index is 0.000000236. The van der Waals surface area contributed by atoms with Gasteiger partial charge in [0, 0.05) is 6.42 Å². The average molecular weight is 591 g/mol. The van der Waals surface area contributed by atoms with Crippen LogP contribution in [0.25, 0.3) is 0 Å². The number of alkyl halides is 3. The summed E-state index contributed by atoms with van der Waals surface area (Å²) in [5, 5.41) is 3.05. The highest BCUT2D eigenvalue weighted by atomic mass is 19.4. The summed E-state index contributed by atoms with van der Waals surface area (Å²) in [4.78, 5) is 2.58. The third kappa shape index (κ3) is 13.1. The van der Waals surface area contributed by atoms with Gasteiger partial charge < -0.3 is 15.0 Å². The van der Waals surface area contributed by atoms with Crippen LogP contribution < -0.4 is 10.1 Å². The molecular weight excluding hydrogens is 545 g/mol. The lowest BCUT2D eigenvalue weighted by Gasteiger charge is -2.20. The number of hydrogen-bond donors (Lipinski definition) is 1. The van der Waals surface area contributed by atoms with Crippen molar-refractivity contribution in [2.24, 2.45) is 0 Å². The number of nitrogens with one attached hydrogen (secondary N) is 1. The van der Waals surface area contributed by atoms with Crippen LogP contribution >= 0.6 is 0 Å². The van der Waals surface area contributed by atoms with Gasteiger partial charge in [0.2, 0.25) is 0 Å². The van der Waals surface area contributed by atoms with Gasteiger partial charge in [-0.25, -0.2) is 0 Å². The molecule has 0 fully saturated rings. The molecule has 3 nitrogen and oxygen atoms in total. The molecule has 0 saturated carbocycles. The highest BCUT2D eigenvalue weighted by Crippen LogP contribution is 2.31. The summed E-state index contributed by atoms with van der Waals surface area (Å²) in [6.07, 6.45) is 1.08. The van der Waals surface area contributed by atoms with Crippen molar-refractivity contribution in [2.75, 3.05) is 33.2 Å². The van der Waals surface area contributed by atoms with E-state index in [1.54, 1.807) is 0 Å². The quantitative estimate of drug-likeness (QED) is 0.150. The van der Waals surface area contributed by atoms with Crippen molar-refractivity contribution in [1.82, 2.24) is 10.2 Å². The summed E-state index contributed by atoms with van der Waals surface area (Å²) in [6.45, 7) is 6.59. The van der Waals surface area contributed by atoms with E-state index in [9.17, 15) is 13.2 Å². The molecule has 0 spiro atoms. The Kier molecular flexibility index (Phi) is 14.8. The number of hydrogen-bond acceptors (Lipinski definition) is 3. The average Bonchev–Trinajstić information content (AvgIpc) is 3.04. The minimum Gasteiger partial charge on any atom is -0.486 e. The van der Waals surface area contributed by atoms with Gasteiger partial charge in [0.25, 0.3) is 0 Å². The SMILES string of the molecule is CCN(CCCc1ccccc1)CCCc1ccccc1.CNCCC(Oc1ccc(C(F)(F)F)cc1)c1ccccc1. The summed E-state index contributed by atoms with van der Waals surface area (Å²) < 4.78 is 43.6. The van der Waals surface area contributed by atoms with E-state index in [-0.39, 0.29) is 6.10 Å². The second kappa shape index (κ2) is 18.8. The van der Waals surface area contributed by atoms with Gasteiger partial charge >= 0.3 is 6.18 Å². The first kappa shape index (κ1) is 33.9. The van der Waals surface area contributed by atoms with Crippen molar-refractivity contribution < 1.29 is 17.9 Å². The van der Waals surface area contributed by atoms with Crippen molar-refractivity contribution in [1.29, 1.82) is 0 Å². The van der Waals surface area contributed by atoms with E-state index < -0.39 is 11.7 Å². The molecule has 0 bridgehead atoms. The lowest BCUT2D eigenvalue weighted by molar-refractivity contribution is -0.137. The topological polar surface area (TPSA) is 24.5 Å². The summed E-state index contributed by atoms with van der Waals surface area (Å²) in [5.74, 6) is 0.429. The van der Waals surface area contributed by atoms with Crippen molar-refractivity contribution in [2.45, 2.75) is 51.3 Å². The molecule has 0 aromatic heterocycles. The van der Waals surface area contributed by atoms with Crippen molar-refractivity contribution in [3.05, 3.63) is 138 Å². The predicted molar refractivity (Wildman–Crippen MR) is 171 cm³/mol. The van der Waals surface area contributed by atoms with E-state index in [2.05, 4.69) is 77.8 Å². The molecule has 1 N–H and O–H groups in total. The molecule has 4 aromatic rings. The maximum absolute atomic E-state index is 12.6. The molecule has 230 valence electrons. The van der Waals surface area contributed by atoms with E-state index in [0.717, 1.165) is 37.2 Å². The van der Waals surface area contributed by atoms with Crippen molar-refractivity contribution in [3.63, 3.8) is 0 Å². The molecule has 4 aromatic carbocycles. The molecule has 6 heteroatoms. The Morgan fingerprint density at radius 3 is 1.63 bits per heavy atom. The number of aryl methyl sites for hydroxylation is 2. The number of halogens is 3. The van der Waals surface area contributed by atoms with Crippen molar-refractivity contribution >= 4 is 0 Å². The molecule has 1 unspecified atom stereocenters. The fourth-order valence-corrected chi connectivity index (χ4v) is 4.85. The van der Waals surface area contributed by atoms with Gasteiger partial charge in [-0.15, -0.1) is 0 Å². The van der Waals surface area contributed by atoms with E-state index in [4.69, 9.17) is 4.74 Å². The van der Waals surface area contributed by atoms with Crippen LogP contribution in [0.1, 0.15) is 54.5 Å². The highest BCUT2D eigenvalue weighted by Gasteiger charge is 2.30. The maximum Gasteiger partial charge on any atom is 0.416 e. The zero-order valence-corrected chi connectivity index (χ0v) is 25.4. The van der Waals surface area contributed by atoms with Crippen LogP contribution in [0.5, 0.6) is 5.75 Å². The Labute approximate surface area is 255 Å². The van der Waals surface area contributed by atoms with E-state index >= 15 is 0 Å². The fraction of sp³-hybridized carbons (Fsp3) is 0.351. The standard InChI is InChI=1S/C20H27N.C17H18F3NO/c1-2-21(17-9-15-19-11-5-3-6-12-19)18-10-16-20-13-7-4-8-14-20;1-21-12-11-16(13-5-3-2-4-6-13)22-15-9-7-14(8-10-15)17(18,19)20/h3-8,11-14H,2,9-10,15-18H2,1H3;2-10,16,21H,11-12H2,1H3. The minimum absolute atomic E-state index is 0.203. The van der Waals surface area contributed by atoms with Crippen LogP contribution in [-0.4, -0.2) is 38.1 Å². The van der Waals surface area contributed by atoms with Crippen LogP contribution in [-0.2, 0) is 19.0 Å². The lowest BCUT2D eigenvalue weighted by Crippen LogP contribution is -2.26. The predicted octanol–water partition coefficient (Wildman–Crippen LogP) is 9.01. The van der Waals surface area contributed by atoms with Crippen LogP contribution in [0.15, 0.2) is 115 Å². The van der Waals surface area contributed by atoms with Crippen LogP contribution in [0.3, 0.4) is 0 Å². The number of rotatable bonds is 15. The molecule has 0 aliphatic carbocycles. The largest absolute Gasteiger partial charge is 0.486 e. The van der Waals surface area contributed by atoms with E-state index in [0.29, 0.717) is 5.75 Å². The molecule has 0 amide bonds. The number of ether oxygens (including phenoxy) is 1. The minimum atomic E-state index is -4.33. The fourth-order valence-electron chi connectivity index (χ4n) is 4.85. The van der Waals surface area contributed by atoms with Gasteiger partial charge in [-0.3, -0.25) is 0 Å². The zero-order valence-electron chi connectivity index (χ0n) is 25.4. The third-order valence-corrected chi connectivity index (χ3v) is 7.30. The van der Waals surface area contributed by atoms with Gasteiger partial charge in [-0.2, -0.15) is 13.2 Å². The molecule has 4 rings (SSSR count). The third-order valence-electron chi connectivity index (χ3n) is 7.30. The smallest absolute Gasteiger partial charge is 0.416 e. The second-order valence-corrected chi connectivity index (χ2v) is 10.5. The van der Waals surface area contributed by atoms with E-state index in [1.165, 1.54) is 62.0 Å². The van der Waals surface area contributed by atoms with E-state index in [1.807, 2.05) is 37.4 Å². The zero-order chi connectivity index (χ0) is 30.8. The van der Waals surface area contributed by atoms with Gasteiger partial charge in [0.05, 0.1) is 5.56 Å². The molecule has 0 radical (unpaired) electrons. The lowest BCUT2D eigenvalue weighted by atomic mass is 10.1. The van der Waals surface area contributed by atoms with Gasteiger partial charge in [-0.05, 0) is 99.9 Å². The first-order valence-corrected chi connectivity index (χ1v) is 15.2. The van der Waals surface area contributed by atoms with Gasteiger partial charge in [0.15, 0.2) is 0 Å². The summed E-state index contributed by atoms with van der Waals surface area (Å²) in [6, 6.07) is 36.0. The number of nitrogens with zero attached hydrogens (tertiary/aromatic N) is 1. The maximum atomic E-state index is 12.6. The second-order valence-electron chi connectivity index (χ2n) is 10.5. The molecule has 43 heavy (non-hydrogen) atoms. The summed E-state index contributed by atoms with van der Waals surface area (Å²) in [5.41, 5.74) is 3.24. The van der Waals surface area contributed by atoms with Crippen molar-refractivity contribution in [3.8, 4) is 5.75 Å². The van der Waals surface area contributed by atoms with Crippen LogP contribution in [0.2, 0.25) is 0 Å². The van der Waals surface area contributed by atoms with Gasteiger partial charge in [0.1, 0.15) is 11.9 Å². The number of benzene rings is 4. The molecular formula is C37H45F3N2O. The molecule has 0 heterocycles. The van der Waals surface area contributed by atoms with Gasteiger partial charge in [-0.1, -0.05) is 97.9 Å². The Morgan fingerprint density at radius 2 is 1.19 bits per heavy atom. The molecule has 0 aliphatic heterocycles. The van der Waals surface area contributed by atoms with Crippen LogP contribution in [0.4, 0.5) is 13.2 Å². The first-order chi connectivity index (χ1) is 20.9. The molecule has 1 atom stereocenters. The molecule has 0 saturated heterocycles. The Morgan fingerprint density at radius 1 is 0.698 bits per heavy atom. The summed E-state index contributed by atoms with van der Waals surface area (Å²) in [7, 11) is 1.85. The Hall–Kier alpha value is -3.61. The monoisotopic (exact) mass is 590 g/mol.